The molecule has 0 bridgehead atoms. The Balaban J connectivity index is 2.52. The van der Waals surface area contributed by atoms with Crippen LogP contribution < -0.4 is 0 Å². The summed E-state index contributed by atoms with van der Waals surface area (Å²) in [6, 6.07) is 6.26. The van der Waals surface area contributed by atoms with Gasteiger partial charge in [0.25, 0.3) is 6.43 Å². The van der Waals surface area contributed by atoms with Gasteiger partial charge in [0.1, 0.15) is 5.82 Å². The number of pyridine rings is 1. The Morgan fingerprint density at radius 3 is 2.56 bits per heavy atom. The topological polar surface area (TPSA) is 30.0 Å². The Morgan fingerprint density at radius 2 is 1.94 bits per heavy atom. The van der Waals surface area contributed by atoms with Crippen molar-refractivity contribution >= 4 is 5.78 Å². The van der Waals surface area contributed by atoms with Crippen molar-refractivity contribution in [1.82, 2.24) is 4.98 Å². The molecule has 0 saturated heterocycles. The van der Waals surface area contributed by atoms with Crippen molar-refractivity contribution in [3.63, 3.8) is 0 Å². The van der Waals surface area contributed by atoms with Crippen molar-refractivity contribution in [2.75, 3.05) is 0 Å². The van der Waals surface area contributed by atoms with E-state index in [1.165, 1.54) is 36.7 Å². The van der Waals surface area contributed by atoms with Crippen LogP contribution in [0.15, 0.2) is 42.7 Å². The highest BCUT2D eigenvalue weighted by Gasteiger charge is 2.23. The van der Waals surface area contributed by atoms with E-state index in [-0.39, 0.29) is 11.1 Å². The van der Waals surface area contributed by atoms with E-state index >= 15 is 0 Å². The standard InChI is InChI=1S/C13H8F3NO/c14-10-5-1-4-9(11(10)13(15)16)12(18)8-3-2-6-17-7-8/h1-7,13H. The number of benzene rings is 1. The van der Waals surface area contributed by atoms with Gasteiger partial charge in [0.15, 0.2) is 5.78 Å². The van der Waals surface area contributed by atoms with Crippen molar-refractivity contribution in [1.29, 1.82) is 0 Å². The first kappa shape index (κ1) is 12.3. The minimum atomic E-state index is -3.04. The number of nitrogens with zero attached hydrogens (tertiary/aromatic N) is 1. The molecule has 5 heteroatoms. The Bertz CT molecular complexity index is 570. The fourth-order valence-electron chi connectivity index (χ4n) is 1.61. The van der Waals surface area contributed by atoms with E-state index < -0.39 is 23.6 Å². The molecule has 0 aliphatic rings. The van der Waals surface area contributed by atoms with Crippen LogP contribution in [0.5, 0.6) is 0 Å². The van der Waals surface area contributed by atoms with Gasteiger partial charge in [-0.05, 0) is 18.2 Å². The monoisotopic (exact) mass is 251 g/mol. The highest BCUT2D eigenvalue weighted by molar-refractivity contribution is 6.09. The predicted octanol–water partition coefficient (Wildman–Crippen LogP) is 3.39. The molecule has 0 spiro atoms. The van der Waals surface area contributed by atoms with Crippen molar-refractivity contribution in [2.45, 2.75) is 6.43 Å². The number of halogens is 3. The first-order valence-electron chi connectivity index (χ1n) is 5.12. The van der Waals surface area contributed by atoms with E-state index in [1.54, 1.807) is 0 Å². The number of rotatable bonds is 3. The molecule has 92 valence electrons. The largest absolute Gasteiger partial charge is 0.289 e. The van der Waals surface area contributed by atoms with Gasteiger partial charge < -0.3 is 0 Å². The lowest BCUT2D eigenvalue weighted by Crippen LogP contribution is -2.08. The minimum absolute atomic E-state index is 0.144. The van der Waals surface area contributed by atoms with E-state index in [9.17, 15) is 18.0 Å². The first-order valence-corrected chi connectivity index (χ1v) is 5.12. The van der Waals surface area contributed by atoms with Crippen LogP contribution in [0.4, 0.5) is 13.2 Å². The molecule has 0 unspecified atom stereocenters. The summed E-state index contributed by atoms with van der Waals surface area (Å²) in [5, 5.41) is 0. The summed E-state index contributed by atoms with van der Waals surface area (Å²) in [5.41, 5.74) is -1.06. The summed E-state index contributed by atoms with van der Waals surface area (Å²) in [4.78, 5) is 15.7. The first-order chi connectivity index (χ1) is 8.61. The van der Waals surface area contributed by atoms with Gasteiger partial charge in [0, 0.05) is 23.5 Å². The minimum Gasteiger partial charge on any atom is -0.289 e. The molecule has 1 heterocycles. The van der Waals surface area contributed by atoms with E-state index in [4.69, 9.17) is 0 Å². The number of carbonyl (C=O) groups excluding carboxylic acids is 1. The molecule has 0 fully saturated rings. The number of alkyl halides is 2. The lowest BCUT2D eigenvalue weighted by molar-refractivity contribution is 0.102. The summed E-state index contributed by atoms with van der Waals surface area (Å²) in [6.07, 6.45) is -0.333. The van der Waals surface area contributed by atoms with Crippen LogP contribution in [0, 0.1) is 5.82 Å². The fourth-order valence-corrected chi connectivity index (χ4v) is 1.61. The van der Waals surface area contributed by atoms with Gasteiger partial charge >= 0.3 is 0 Å². The summed E-state index contributed by atoms with van der Waals surface area (Å²) in [5.74, 6) is -1.75. The normalized spacial score (nSPS) is 10.7. The highest BCUT2D eigenvalue weighted by Crippen LogP contribution is 2.27. The van der Waals surface area contributed by atoms with Crippen LogP contribution in [-0.2, 0) is 0 Å². The molecule has 0 atom stereocenters. The van der Waals surface area contributed by atoms with E-state index in [0.717, 1.165) is 6.07 Å². The Hall–Kier alpha value is -2.17. The van der Waals surface area contributed by atoms with Crippen LogP contribution in [-0.4, -0.2) is 10.8 Å². The van der Waals surface area contributed by atoms with Gasteiger partial charge in [-0.2, -0.15) is 0 Å². The van der Waals surface area contributed by atoms with Gasteiger partial charge in [-0.1, -0.05) is 12.1 Å². The number of hydrogen-bond acceptors (Lipinski definition) is 2. The van der Waals surface area contributed by atoms with Crippen LogP contribution in [0.3, 0.4) is 0 Å². The third-order valence-corrected chi connectivity index (χ3v) is 2.44. The van der Waals surface area contributed by atoms with Crippen LogP contribution in [0.25, 0.3) is 0 Å². The molecule has 2 aromatic rings. The summed E-state index contributed by atoms with van der Waals surface area (Å²) in [7, 11) is 0. The zero-order valence-electron chi connectivity index (χ0n) is 9.11. The van der Waals surface area contributed by atoms with Gasteiger partial charge in [0.2, 0.25) is 0 Å². The predicted molar refractivity (Wildman–Crippen MR) is 59.0 cm³/mol. The summed E-state index contributed by atoms with van der Waals surface area (Å²) in [6.45, 7) is 0. The van der Waals surface area contributed by atoms with Crippen molar-refractivity contribution in [2.24, 2.45) is 0 Å². The average Bonchev–Trinajstić information content (AvgIpc) is 2.38. The number of hydrogen-bond donors (Lipinski definition) is 0. The second-order valence-corrected chi connectivity index (χ2v) is 3.57. The second-order valence-electron chi connectivity index (χ2n) is 3.57. The van der Waals surface area contributed by atoms with Crippen molar-refractivity contribution < 1.29 is 18.0 Å². The molecular weight excluding hydrogens is 243 g/mol. The number of ketones is 1. The zero-order chi connectivity index (χ0) is 13.1. The van der Waals surface area contributed by atoms with E-state index in [2.05, 4.69) is 4.98 Å². The molecule has 2 nitrogen and oxygen atoms in total. The maximum Gasteiger partial charge on any atom is 0.267 e. The fraction of sp³-hybridized carbons (Fsp3) is 0.0769. The SMILES string of the molecule is O=C(c1cccnc1)c1cccc(F)c1C(F)F. The maximum atomic E-state index is 13.3. The Labute approximate surface area is 101 Å². The van der Waals surface area contributed by atoms with Gasteiger partial charge in [0.05, 0.1) is 5.56 Å². The highest BCUT2D eigenvalue weighted by atomic mass is 19.3. The lowest BCUT2D eigenvalue weighted by Gasteiger charge is -2.08. The second kappa shape index (κ2) is 5.00. The van der Waals surface area contributed by atoms with E-state index in [0.29, 0.717) is 0 Å². The molecule has 0 aliphatic carbocycles. The smallest absolute Gasteiger partial charge is 0.267 e. The molecule has 18 heavy (non-hydrogen) atoms. The van der Waals surface area contributed by atoms with Crippen molar-refractivity contribution in [3.8, 4) is 0 Å². The van der Waals surface area contributed by atoms with Gasteiger partial charge in [-0.15, -0.1) is 0 Å². The van der Waals surface area contributed by atoms with Gasteiger partial charge in [-0.3, -0.25) is 9.78 Å². The maximum absolute atomic E-state index is 13.3. The molecule has 0 aliphatic heterocycles. The molecular formula is C13H8F3NO. The third-order valence-electron chi connectivity index (χ3n) is 2.44. The zero-order valence-corrected chi connectivity index (χ0v) is 9.11. The Morgan fingerprint density at radius 1 is 1.17 bits per heavy atom. The third kappa shape index (κ3) is 2.25. The molecule has 0 radical (unpaired) electrons. The molecule has 1 aromatic carbocycles. The van der Waals surface area contributed by atoms with E-state index in [1.807, 2.05) is 0 Å². The number of aromatic nitrogens is 1. The van der Waals surface area contributed by atoms with Crippen LogP contribution in [0.1, 0.15) is 27.9 Å². The molecule has 1 aromatic heterocycles. The summed E-state index contributed by atoms with van der Waals surface area (Å²) < 4.78 is 38.8. The van der Waals surface area contributed by atoms with Crippen LogP contribution >= 0.6 is 0 Å². The average molecular weight is 251 g/mol. The molecule has 2 rings (SSSR count). The number of carbonyl (C=O) groups is 1. The van der Waals surface area contributed by atoms with Crippen LogP contribution in [0.2, 0.25) is 0 Å². The van der Waals surface area contributed by atoms with Gasteiger partial charge in [-0.25, -0.2) is 13.2 Å². The molecule has 0 saturated carbocycles. The molecule has 0 amide bonds. The summed E-state index contributed by atoms with van der Waals surface area (Å²) >= 11 is 0. The quantitative estimate of drug-likeness (QED) is 0.782. The lowest BCUT2D eigenvalue weighted by atomic mass is 9.99. The molecule has 0 N–H and O–H groups in total. The van der Waals surface area contributed by atoms with Crippen molar-refractivity contribution in [3.05, 3.63) is 65.2 Å². The Kier molecular flexibility index (Phi) is 3.41.